The molecule has 0 aromatic heterocycles. The minimum atomic E-state index is -0.497. The van der Waals surface area contributed by atoms with Gasteiger partial charge in [0.05, 0.1) is 6.61 Å². The van der Waals surface area contributed by atoms with Gasteiger partial charge in [-0.3, -0.25) is 0 Å². The average molecular weight is 262 g/mol. The zero-order chi connectivity index (χ0) is 13.7. The second-order valence-electron chi connectivity index (χ2n) is 5.90. The summed E-state index contributed by atoms with van der Waals surface area (Å²) in [6.07, 6.45) is 6.14. The molecule has 0 aliphatic heterocycles. The summed E-state index contributed by atoms with van der Waals surface area (Å²) in [6.45, 7) is 5.39. The predicted octanol–water partition coefficient (Wildman–Crippen LogP) is 3.93. The Balaban J connectivity index is 1.76. The van der Waals surface area contributed by atoms with Crippen molar-refractivity contribution < 1.29 is 9.84 Å². The van der Waals surface area contributed by atoms with Crippen LogP contribution in [-0.4, -0.2) is 18.3 Å². The Bertz CT molecular complexity index is 394. The van der Waals surface area contributed by atoms with Crippen LogP contribution in [-0.2, 0) is 4.74 Å². The van der Waals surface area contributed by atoms with E-state index in [1.807, 2.05) is 6.07 Å². The van der Waals surface area contributed by atoms with Gasteiger partial charge in [-0.25, -0.2) is 0 Å². The Hall–Kier alpha value is -0.860. The molecule has 1 saturated carbocycles. The number of benzene rings is 1. The number of rotatable bonds is 5. The van der Waals surface area contributed by atoms with E-state index >= 15 is 0 Å². The van der Waals surface area contributed by atoms with Gasteiger partial charge in [-0.15, -0.1) is 0 Å². The fraction of sp³-hybridized carbons (Fsp3) is 0.647. The highest BCUT2D eigenvalue weighted by Gasteiger charge is 2.15. The zero-order valence-corrected chi connectivity index (χ0v) is 12.2. The molecular formula is C17H26O2. The number of aliphatic hydroxyl groups is 1. The van der Waals surface area contributed by atoms with Crippen LogP contribution in [0.4, 0.5) is 0 Å². The molecule has 106 valence electrons. The number of ether oxygens (including phenoxy) is 1. The van der Waals surface area contributed by atoms with Crippen molar-refractivity contribution in [1.29, 1.82) is 0 Å². The summed E-state index contributed by atoms with van der Waals surface area (Å²) in [4.78, 5) is 0. The van der Waals surface area contributed by atoms with Gasteiger partial charge >= 0.3 is 0 Å². The van der Waals surface area contributed by atoms with E-state index in [-0.39, 0.29) is 0 Å². The van der Waals surface area contributed by atoms with Crippen LogP contribution in [0.2, 0.25) is 0 Å². The zero-order valence-electron chi connectivity index (χ0n) is 12.2. The summed E-state index contributed by atoms with van der Waals surface area (Å²) in [7, 11) is 0. The van der Waals surface area contributed by atoms with E-state index in [2.05, 4.69) is 26.0 Å². The molecule has 0 saturated heterocycles. The molecule has 1 aromatic carbocycles. The van der Waals surface area contributed by atoms with Crippen LogP contribution in [0.3, 0.4) is 0 Å². The molecule has 2 rings (SSSR count). The minimum absolute atomic E-state index is 0.416. The monoisotopic (exact) mass is 262 g/mol. The van der Waals surface area contributed by atoms with Crippen LogP contribution in [0.1, 0.15) is 54.9 Å². The molecule has 0 bridgehead atoms. The quantitative estimate of drug-likeness (QED) is 0.871. The maximum Gasteiger partial charge on any atom is 0.102 e. The lowest BCUT2D eigenvalue weighted by molar-refractivity contribution is 0.0146. The molecule has 2 nitrogen and oxygen atoms in total. The number of aliphatic hydroxyl groups excluding tert-OH is 1. The number of aryl methyl sites for hydroxylation is 2. The van der Waals surface area contributed by atoms with Gasteiger partial charge < -0.3 is 9.84 Å². The minimum Gasteiger partial charge on any atom is -0.386 e. The first-order valence-electron chi connectivity index (χ1n) is 7.50. The van der Waals surface area contributed by atoms with Crippen molar-refractivity contribution in [2.45, 2.75) is 52.1 Å². The molecule has 0 spiro atoms. The highest BCUT2D eigenvalue weighted by Crippen LogP contribution is 2.24. The highest BCUT2D eigenvalue weighted by atomic mass is 16.5. The summed E-state index contributed by atoms with van der Waals surface area (Å²) >= 11 is 0. The van der Waals surface area contributed by atoms with Crippen LogP contribution in [0.15, 0.2) is 18.2 Å². The van der Waals surface area contributed by atoms with Crippen LogP contribution < -0.4 is 0 Å². The summed E-state index contributed by atoms with van der Waals surface area (Å²) in [5.41, 5.74) is 3.45. The fourth-order valence-electron chi connectivity index (χ4n) is 2.77. The van der Waals surface area contributed by atoms with Gasteiger partial charge in [0.2, 0.25) is 0 Å². The van der Waals surface area contributed by atoms with Gasteiger partial charge in [0.1, 0.15) is 6.10 Å². The third-order valence-electron chi connectivity index (χ3n) is 4.27. The maximum atomic E-state index is 10.1. The molecule has 2 heteroatoms. The van der Waals surface area contributed by atoms with Gasteiger partial charge in [0.25, 0.3) is 0 Å². The van der Waals surface area contributed by atoms with Gasteiger partial charge in [-0.2, -0.15) is 0 Å². The van der Waals surface area contributed by atoms with Crippen molar-refractivity contribution in [3.05, 3.63) is 34.9 Å². The van der Waals surface area contributed by atoms with E-state index in [4.69, 9.17) is 4.74 Å². The van der Waals surface area contributed by atoms with Crippen LogP contribution in [0, 0.1) is 19.8 Å². The Morgan fingerprint density at radius 1 is 1.16 bits per heavy atom. The van der Waals surface area contributed by atoms with Crippen LogP contribution in [0.5, 0.6) is 0 Å². The van der Waals surface area contributed by atoms with Crippen LogP contribution >= 0.6 is 0 Å². The molecule has 1 aliphatic carbocycles. The Kier molecular flexibility index (Phi) is 5.41. The van der Waals surface area contributed by atoms with E-state index < -0.39 is 6.10 Å². The topological polar surface area (TPSA) is 29.5 Å². The first-order valence-corrected chi connectivity index (χ1v) is 7.50. The van der Waals surface area contributed by atoms with E-state index in [9.17, 15) is 5.11 Å². The lowest BCUT2D eigenvalue weighted by Gasteiger charge is -2.22. The Morgan fingerprint density at radius 3 is 2.58 bits per heavy atom. The van der Waals surface area contributed by atoms with Crippen molar-refractivity contribution in [1.82, 2.24) is 0 Å². The molecule has 1 N–H and O–H groups in total. The molecule has 1 unspecified atom stereocenters. The van der Waals surface area contributed by atoms with Crippen molar-refractivity contribution in [2.75, 3.05) is 13.2 Å². The smallest absolute Gasteiger partial charge is 0.102 e. The molecular weight excluding hydrogens is 236 g/mol. The maximum absolute atomic E-state index is 10.1. The molecule has 1 aliphatic rings. The molecule has 0 radical (unpaired) electrons. The average Bonchev–Trinajstić information content (AvgIpc) is 2.43. The molecule has 19 heavy (non-hydrogen) atoms. The fourth-order valence-corrected chi connectivity index (χ4v) is 2.77. The van der Waals surface area contributed by atoms with Gasteiger partial charge in [0.15, 0.2) is 0 Å². The third kappa shape index (κ3) is 4.32. The summed E-state index contributed by atoms with van der Waals surface area (Å²) < 4.78 is 5.71. The van der Waals surface area contributed by atoms with Crippen LogP contribution in [0.25, 0.3) is 0 Å². The van der Waals surface area contributed by atoms with E-state index in [0.717, 1.165) is 12.2 Å². The second kappa shape index (κ2) is 7.06. The summed E-state index contributed by atoms with van der Waals surface area (Å²) in [5.74, 6) is 0.709. The molecule has 0 amide bonds. The Morgan fingerprint density at radius 2 is 1.89 bits per heavy atom. The van der Waals surface area contributed by atoms with E-state index in [0.29, 0.717) is 12.5 Å². The molecule has 1 atom stereocenters. The SMILES string of the molecule is Cc1ccc(C(O)COCC2CCCCC2)cc1C. The standard InChI is InChI=1S/C17H26O2/c1-13-8-9-16(10-14(13)2)17(18)12-19-11-15-6-4-3-5-7-15/h8-10,15,17-18H,3-7,11-12H2,1-2H3. The predicted molar refractivity (Wildman–Crippen MR) is 78.3 cm³/mol. The Labute approximate surface area is 116 Å². The van der Waals surface area contributed by atoms with Crippen molar-refractivity contribution in [3.63, 3.8) is 0 Å². The van der Waals surface area contributed by atoms with Crippen molar-refractivity contribution in [3.8, 4) is 0 Å². The van der Waals surface area contributed by atoms with Crippen molar-refractivity contribution in [2.24, 2.45) is 5.92 Å². The lowest BCUT2D eigenvalue weighted by Crippen LogP contribution is -2.16. The van der Waals surface area contributed by atoms with Crippen molar-refractivity contribution >= 4 is 0 Å². The normalized spacial score (nSPS) is 18.5. The van der Waals surface area contributed by atoms with E-state index in [1.54, 1.807) is 0 Å². The first kappa shape index (κ1) is 14.5. The van der Waals surface area contributed by atoms with Gasteiger partial charge in [-0.1, -0.05) is 37.5 Å². The third-order valence-corrected chi connectivity index (χ3v) is 4.27. The molecule has 1 fully saturated rings. The first-order chi connectivity index (χ1) is 9.16. The summed E-state index contributed by atoms with van der Waals surface area (Å²) in [5, 5.41) is 10.1. The summed E-state index contributed by atoms with van der Waals surface area (Å²) in [6, 6.07) is 6.12. The highest BCUT2D eigenvalue weighted by molar-refractivity contribution is 5.31. The lowest BCUT2D eigenvalue weighted by atomic mass is 9.90. The molecule has 1 aromatic rings. The number of hydrogen-bond donors (Lipinski definition) is 1. The second-order valence-corrected chi connectivity index (χ2v) is 5.90. The molecule has 0 heterocycles. The van der Waals surface area contributed by atoms with E-state index in [1.165, 1.54) is 43.2 Å². The van der Waals surface area contributed by atoms with Gasteiger partial charge in [0, 0.05) is 6.61 Å². The largest absolute Gasteiger partial charge is 0.386 e. The number of hydrogen-bond acceptors (Lipinski definition) is 2. The van der Waals surface area contributed by atoms with Gasteiger partial charge in [-0.05, 0) is 49.3 Å².